The van der Waals surface area contributed by atoms with Crippen molar-refractivity contribution in [1.82, 2.24) is 4.98 Å². The fraction of sp³-hybridized carbons (Fsp3) is 0.286. The summed E-state index contributed by atoms with van der Waals surface area (Å²) in [4.78, 5) is 3.89. The van der Waals surface area contributed by atoms with E-state index in [2.05, 4.69) is 20.9 Å². The second-order valence-corrected chi connectivity index (χ2v) is 3.04. The molecule has 0 fully saturated rings. The van der Waals surface area contributed by atoms with Crippen molar-refractivity contribution in [2.45, 2.75) is 6.04 Å². The van der Waals surface area contributed by atoms with Gasteiger partial charge in [0.2, 0.25) is 0 Å². The molecule has 0 saturated heterocycles. The predicted molar refractivity (Wildman–Crippen MR) is 46.0 cm³/mol. The molecule has 0 saturated carbocycles. The van der Waals surface area contributed by atoms with Gasteiger partial charge in [0.05, 0.1) is 12.6 Å². The topological polar surface area (TPSA) is 59.1 Å². The lowest BCUT2D eigenvalue weighted by atomic mass is 10.1. The van der Waals surface area contributed by atoms with Gasteiger partial charge in [0.25, 0.3) is 0 Å². The minimum atomic E-state index is -0.349. The normalized spacial score (nSPS) is 13.0. The molecular formula is C7H9BrN2O. The molecule has 60 valence electrons. The zero-order chi connectivity index (χ0) is 8.27. The molecule has 1 heterocycles. The van der Waals surface area contributed by atoms with Crippen LogP contribution in [0.1, 0.15) is 11.6 Å². The van der Waals surface area contributed by atoms with Crippen molar-refractivity contribution in [2.75, 3.05) is 6.61 Å². The standard InChI is InChI=1S/C7H9BrN2O/c8-6-1-2-10-3-5(6)7(9)4-11/h1-3,7,11H,4,9H2/t7-/m1/s1. The molecule has 0 radical (unpaired) electrons. The summed E-state index contributed by atoms with van der Waals surface area (Å²) in [5, 5.41) is 8.74. The lowest BCUT2D eigenvalue weighted by molar-refractivity contribution is 0.267. The molecule has 0 amide bonds. The van der Waals surface area contributed by atoms with Crippen LogP contribution in [-0.4, -0.2) is 16.7 Å². The molecule has 0 unspecified atom stereocenters. The molecule has 0 aliphatic carbocycles. The van der Waals surface area contributed by atoms with E-state index in [1.165, 1.54) is 0 Å². The van der Waals surface area contributed by atoms with Crippen LogP contribution in [0.3, 0.4) is 0 Å². The number of rotatable bonds is 2. The van der Waals surface area contributed by atoms with Gasteiger partial charge in [-0.05, 0) is 6.07 Å². The number of halogens is 1. The van der Waals surface area contributed by atoms with Crippen molar-refractivity contribution in [3.63, 3.8) is 0 Å². The fourth-order valence-corrected chi connectivity index (χ4v) is 1.28. The Hall–Kier alpha value is -0.450. The molecule has 3 N–H and O–H groups in total. The highest BCUT2D eigenvalue weighted by Gasteiger charge is 2.07. The number of nitrogens with zero attached hydrogens (tertiary/aromatic N) is 1. The summed E-state index contributed by atoms with van der Waals surface area (Å²) >= 11 is 3.31. The molecule has 1 atom stereocenters. The van der Waals surface area contributed by atoms with Crippen LogP contribution in [0.5, 0.6) is 0 Å². The van der Waals surface area contributed by atoms with E-state index in [0.717, 1.165) is 10.0 Å². The van der Waals surface area contributed by atoms with Gasteiger partial charge in [-0.25, -0.2) is 0 Å². The second kappa shape index (κ2) is 3.80. The zero-order valence-electron chi connectivity index (χ0n) is 5.87. The van der Waals surface area contributed by atoms with E-state index in [9.17, 15) is 0 Å². The van der Waals surface area contributed by atoms with Gasteiger partial charge in [-0.1, -0.05) is 15.9 Å². The number of aromatic nitrogens is 1. The number of hydrogen-bond donors (Lipinski definition) is 2. The van der Waals surface area contributed by atoms with Gasteiger partial charge in [-0.2, -0.15) is 0 Å². The first-order chi connectivity index (χ1) is 5.25. The Morgan fingerprint density at radius 2 is 2.45 bits per heavy atom. The summed E-state index contributed by atoms with van der Waals surface area (Å²) < 4.78 is 0.883. The van der Waals surface area contributed by atoms with Gasteiger partial charge < -0.3 is 10.8 Å². The second-order valence-electron chi connectivity index (χ2n) is 2.19. The van der Waals surface area contributed by atoms with Crippen LogP contribution < -0.4 is 5.73 Å². The van der Waals surface area contributed by atoms with E-state index in [4.69, 9.17) is 10.8 Å². The third-order valence-corrected chi connectivity index (χ3v) is 2.11. The van der Waals surface area contributed by atoms with E-state index in [1.54, 1.807) is 18.5 Å². The number of aliphatic hydroxyl groups is 1. The summed E-state index contributed by atoms with van der Waals surface area (Å²) in [6.07, 6.45) is 3.31. The van der Waals surface area contributed by atoms with Crippen molar-refractivity contribution in [3.05, 3.63) is 28.5 Å². The van der Waals surface area contributed by atoms with Crippen molar-refractivity contribution in [1.29, 1.82) is 0 Å². The molecule has 0 aromatic carbocycles. The molecule has 0 spiro atoms. The highest BCUT2D eigenvalue weighted by molar-refractivity contribution is 9.10. The number of nitrogens with two attached hydrogens (primary N) is 1. The molecular weight excluding hydrogens is 208 g/mol. The minimum Gasteiger partial charge on any atom is -0.394 e. The molecule has 3 nitrogen and oxygen atoms in total. The van der Waals surface area contributed by atoms with Gasteiger partial charge in [0.15, 0.2) is 0 Å². The van der Waals surface area contributed by atoms with E-state index in [1.807, 2.05) is 0 Å². The van der Waals surface area contributed by atoms with Crippen LogP contribution in [0.4, 0.5) is 0 Å². The maximum atomic E-state index is 8.74. The highest BCUT2D eigenvalue weighted by Crippen LogP contribution is 2.19. The molecule has 11 heavy (non-hydrogen) atoms. The monoisotopic (exact) mass is 216 g/mol. The van der Waals surface area contributed by atoms with Crippen LogP contribution in [0.25, 0.3) is 0 Å². The van der Waals surface area contributed by atoms with Gasteiger partial charge in [0.1, 0.15) is 0 Å². The SMILES string of the molecule is N[C@H](CO)c1cnccc1Br. The first kappa shape index (κ1) is 8.64. The van der Waals surface area contributed by atoms with Gasteiger partial charge in [-0.3, -0.25) is 4.98 Å². The Morgan fingerprint density at radius 1 is 1.73 bits per heavy atom. The molecule has 0 aliphatic heterocycles. The Kier molecular flexibility index (Phi) is 2.99. The highest BCUT2D eigenvalue weighted by atomic mass is 79.9. The molecule has 1 rings (SSSR count). The molecule has 0 bridgehead atoms. The van der Waals surface area contributed by atoms with E-state index in [-0.39, 0.29) is 12.6 Å². The Balaban J connectivity index is 2.93. The van der Waals surface area contributed by atoms with Crippen LogP contribution in [0.15, 0.2) is 22.9 Å². The maximum Gasteiger partial charge on any atom is 0.0625 e. The summed E-state index contributed by atoms with van der Waals surface area (Å²) in [5.41, 5.74) is 6.40. The lowest BCUT2D eigenvalue weighted by Crippen LogP contribution is -2.15. The van der Waals surface area contributed by atoms with Crippen molar-refractivity contribution in [3.8, 4) is 0 Å². The quantitative estimate of drug-likeness (QED) is 0.771. The first-order valence-electron chi connectivity index (χ1n) is 3.21. The molecule has 1 aromatic rings. The van der Waals surface area contributed by atoms with Gasteiger partial charge in [0, 0.05) is 22.4 Å². The average molecular weight is 217 g/mol. The number of pyridine rings is 1. The smallest absolute Gasteiger partial charge is 0.0625 e. The molecule has 1 aromatic heterocycles. The van der Waals surface area contributed by atoms with E-state index in [0.29, 0.717) is 0 Å². The van der Waals surface area contributed by atoms with Crippen molar-refractivity contribution < 1.29 is 5.11 Å². The van der Waals surface area contributed by atoms with E-state index < -0.39 is 0 Å². The third-order valence-electron chi connectivity index (χ3n) is 1.39. The summed E-state index contributed by atoms with van der Waals surface area (Å²) in [6.45, 7) is -0.0652. The lowest BCUT2D eigenvalue weighted by Gasteiger charge is -2.08. The Morgan fingerprint density at radius 3 is 3.00 bits per heavy atom. The minimum absolute atomic E-state index is 0.0652. The van der Waals surface area contributed by atoms with Gasteiger partial charge in [-0.15, -0.1) is 0 Å². The zero-order valence-corrected chi connectivity index (χ0v) is 7.45. The van der Waals surface area contributed by atoms with Crippen molar-refractivity contribution >= 4 is 15.9 Å². The molecule has 4 heteroatoms. The average Bonchev–Trinajstić information content (AvgIpc) is 2.04. The Bertz CT molecular complexity index is 242. The largest absolute Gasteiger partial charge is 0.394 e. The van der Waals surface area contributed by atoms with Crippen LogP contribution in [0.2, 0.25) is 0 Å². The van der Waals surface area contributed by atoms with Crippen LogP contribution in [0, 0.1) is 0 Å². The summed E-state index contributed by atoms with van der Waals surface area (Å²) in [5.74, 6) is 0. The third kappa shape index (κ3) is 1.99. The first-order valence-corrected chi connectivity index (χ1v) is 4.01. The molecule has 0 aliphatic rings. The predicted octanol–water partition coefficient (Wildman–Crippen LogP) is 0.836. The Labute approximate surface area is 73.4 Å². The van der Waals surface area contributed by atoms with Crippen molar-refractivity contribution in [2.24, 2.45) is 5.73 Å². The fourth-order valence-electron chi connectivity index (χ4n) is 0.761. The van der Waals surface area contributed by atoms with E-state index >= 15 is 0 Å². The summed E-state index contributed by atoms with van der Waals surface area (Å²) in [6, 6.07) is 1.45. The van der Waals surface area contributed by atoms with Crippen LogP contribution in [-0.2, 0) is 0 Å². The number of aliphatic hydroxyl groups excluding tert-OH is 1. The summed E-state index contributed by atoms with van der Waals surface area (Å²) in [7, 11) is 0. The van der Waals surface area contributed by atoms with Gasteiger partial charge >= 0.3 is 0 Å². The maximum absolute atomic E-state index is 8.74. The number of hydrogen-bond acceptors (Lipinski definition) is 3. The van der Waals surface area contributed by atoms with Crippen LogP contribution >= 0.6 is 15.9 Å².